The number of nitrogens with zero attached hydrogens (tertiary/aromatic N) is 2. The second-order valence-electron chi connectivity index (χ2n) is 6.79. The second-order valence-corrected chi connectivity index (χ2v) is 10.2. The number of thiazole rings is 1. The van der Waals surface area contributed by atoms with Crippen molar-refractivity contribution in [3.05, 3.63) is 88.9 Å². The molecule has 0 fully saturated rings. The molecule has 0 aliphatic heterocycles. The quantitative estimate of drug-likeness (QED) is 0.414. The maximum absolute atomic E-state index is 13.3. The van der Waals surface area contributed by atoms with Crippen LogP contribution in [0.4, 0.5) is 5.13 Å². The molecule has 0 radical (unpaired) electrons. The number of anilines is 1. The maximum Gasteiger partial charge on any atom is 0.260 e. The fourth-order valence-corrected chi connectivity index (χ4v) is 4.92. The number of carbonyl (C=O) groups excluding carboxylic acids is 1. The molecule has 0 unspecified atom stereocenters. The zero-order chi connectivity index (χ0) is 21.3. The number of hydrogen-bond donors (Lipinski definition) is 0. The summed E-state index contributed by atoms with van der Waals surface area (Å²) in [5.74, 6) is -0.233. The van der Waals surface area contributed by atoms with Crippen molar-refractivity contribution in [1.29, 1.82) is 0 Å². The molecule has 0 saturated heterocycles. The summed E-state index contributed by atoms with van der Waals surface area (Å²) in [6.45, 7) is 0.324. The van der Waals surface area contributed by atoms with Gasteiger partial charge in [-0.1, -0.05) is 59.3 Å². The van der Waals surface area contributed by atoms with Crippen molar-refractivity contribution in [2.24, 2.45) is 0 Å². The molecular weight excluding hydrogens is 440 g/mol. The van der Waals surface area contributed by atoms with E-state index in [9.17, 15) is 13.2 Å². The molecule has 1 heterocycles. The Balaban J connectivity index is 1.79. The van der Waals surface area contributed by atoms with Gasteiger partial charge in [-0.15, -0.1) is 0 Å². The van der Waals surface area contributed by atoms with Crippen molar-refractivity contribution < 1.29 is 13.2 Å². The predicted molar refractivity (Wildman–Crippen MR) is 121 cm³/mol. The lowest BCUT2D eigenvalue weighted by Gasteiger charge is -2.20. The van der Waals surface area contributed by atoms with Crippen LogP contribution in [-0.2, 0) is 16.4 Å². The van der Waals surface area contributed by atoms with Gasteiger partial charge in [0.25, 0.3) is 5.91 Å². The molecule has 30 heavy (non-hydrogen) atoms. The van der Waals surface area contributed by atoms with Crippen LogP contribution in [0.1, 0.15) is 15.9 Å². The largest absolute Gasteiger partial charge is 0.279 e. The average Bonchev–Trinajstić information content (AvgIpc) is 3.14. The highest BCUT2D eigenvalue weighted by Crippen LogP contribution is 2.32. The molecule has 4 rings (SSSR count). The van der Waals surface area contributed by atoms with Gasteiger partial charge >= 0.3 is 0 Å². The van der Waals surface area contributed by atoms with Gasteiger partial charge in [-0.2, -0.15) is 0 Å². The minimum Gasteiger partial charge on any atom is -0.279 e. The highest BCUT2D eigenvalue weighted by Gasteiger charge is 2.22. The molecule has 4 aromatic rings. The predicted octanol–water partition coefficient (Wildman–Crippen LogP) is 5.20. The Hall–Kier alpha value is -2.74. The Morgan fingerprint density at radius 1 is 1.03 bits per heavy atom. The van der Waals surface area contributed by atoms with Crippen LogP contribution in [0.3, 0.4) is 0 Å². The fraction of sp³-hybridized carbons (Fsp3) is 0.0909. The van der Waals surface area contributed by atoms with Gasteiger partial charge in [0, 0.05) is 16.8 Å². The summed E-state index contributed by atoms with van der Waals surface area (Å²) < 4.78 is 24.5. The van der Waals surface area contributed by atoms with Gasteiger partial charge in [-0.05, 0) is 42.0 Å². The summed E-state index contributed by atoms with van der Waals surface area (Å²) in [6.07, 6.45) is 1.17. The van der Waals surface area contributed by atoms with Crippen molar-refractivity contribution in [3.63, 3.8) is 0 Å². The van der Waals surface area contributed by atoms with Gasteiger partial charge in [0.2, 0.25) is 0 Å². The molecule has 0 saturated carbocycles. The third-order valence-electron chi connectivity index (χ3n) is 4.51. The van der Waals surface area contributed by atoms with Crippen LogP contribution in [0.2, 0.25) is 5.02 Å². The number of hydrogen-bond acceptors (Lipinski definition) is 5. The number of aromatic nitrogens is 1. The van der Waals surface area contributed by atoms with E-state index < -0.39 is 9.84 Å². The minimum atomic E-state index is -3.33. The highest BCUT2D eigenvalue weighted by molar-refractivity contribution is 7.90. The zero-order valence-electron chi connectivity index (χ0n) is 15.9. The molecule has 0 aliphatic rings. The van der Waals surface area contributed by atoms with Crippen molar-refractivity contribution in [2.75, 3.05) is 11.2 Å². The molecule has 152 valence electrons. The maximum atomic E-state index is 13.3. The first-order chi connectivity index (χ1) is 14.3. The van der Waals surface area contributed by atoms with E-state index in [4.69, 9.17) is 11.6 Å². The van der Waals surface area contributed by atoms with Gasteiger partial charge in [-0.3, -0.25) is 9.69 Å². The van der Waals surface area contributed by atoms with E-state index >= 15 is 0 Å². The van der Waals surface area contributed by atoms with Crippen molar-refractivity contribution in [2.45, 2.75) is 11.4 Å². The number of benzene rings is 3. The summed E-state index contributed by atoms with van der Waals surface area (Å²) in [7, 11) is -3.33. The van der Waals surface area contributed by atoms with Gasteiger partial charge in [0.05, 0.1) is 21.7 Å². The first-order valence-corrected chi connectivity index (χ1v) is 12.1. The molecule has 0 aliphatic carbocycles. The van der Waals surface area contributed by atoms with Crippen LogP contribution in [0.5, 0.6) is 0 Å². The highest BCUT2D eigenvalue weighted by atomic mass is 35.5. The van der Waals surface area contributed by atoms with Crippen LogP contribution < -0.4 is 4.90 Å². The monoisotopic (exact) mass is 456 g/mol. The van der Waals surface area contributed by atoms with E-state index in [1.165, 1.54) is 23.7 Å². The summed E-state index contributed by atoms with van der Waals surface area (Å²) in [6, 6.07) is 21.2. The number of carbonyl (C=O) groups is 1. The van der Waals surface area contributed by atoms with Crippen LogP contribution in [0.25, 0.3) is 10.2 Å². The third-order valence-corrected chi connectivity index (χ3v) is 6.89. The third kappa shape index (κ3) is 4.38. The zero-order valence-corrected chi connectivity index (χ0v) is 18.3. The lowest BCUT2D eigenvalue weighted by Crippen LogP contribution is -2.30. The molecular formula is C22H17ClN2O3S2. The Morgan fingerprint density at radius 2 is 1.80 bits per heavy atom. The smallest absolute Gasteiger partial charge is 0.260 e. The van der Waals surface area contributed by atoms with E-state index in [0.717, 1.165) is 5.56 Å². The molecule has 0 bridgehead atoms. The van der Waals surface area contributed by atoms with Crippen molar-refractivity contribution in [1.82, 2.24) is 4.98 Å². The number of halogens is 1. The lowest BCUT2D eigenvalue weighted by atomic mass is 10.1. The van der Waals surface area contributed by atoms with E-state index in [-0.39, 0.29) is 10.8 Å². The number of sulfone groups is 1. The van der Waals surface area contributed by atoms with Gasteiger partial charge < -0.3 is 0 Å². The Kier molecular flexibility index (Phi) is 5.60. The molecule has 1 aromatic heterocycles. The average molecular weight is 457 g/mol. The number of amides is 1. The Labute approximate surface area is 183 Å². The summed E-state index contributed by atoms with van der Waals surface area (Å²) in [4.78, 5) is 19.8. The van der Waals surface area contributed by atoms with Crippen LogP contribution in [0.15, 0.2) is 77.7 Å². The van der Waals surface area contributed by atoms with Gasteiger partial charge in [-0.25, -0.2) is 13.4 Å². The van der Waals surface area contributed by atoms with Crippen molar-refractivity contribution >= 4 is 54.0 Å². The molecule has 0 atom stereocenters. The van der Waals surface area contributed by atoms with Crippen LogP contribution in [-0.4, -0.2) is 25.6 Å². The van der Waals surface area contributed by atoms with Crippen molar-refractivity contribution in [3.8, 4) is 0 Å². The minimum absolute atomic E-state index is 0.223. The van der Waals surface area contributed by atoms with Gasteiger partial charge in [0.15, 0.2) is 15.0 Å². The molecule has 8 heteroatoms. The number of rotatable bonds is 5. The van der Waals surface area contributed by atoms with E-state index in [1.54, 1.807) is 41.3 Å². The first kappa shape index (κ1) is 20.5. The summed E-state index contributed by atoms with van der Waals surface area (Å²) in [5.41, 5.74) is 2.04. The normalized spacial score (nSPS) is 11.5. The standard InChI is InChI=1S/C22H17ClN2O3S2/c1-30(27,28)18-10-11-19-20(13-18)29-22(24-19)25(14-15-6-3-2-4-7-15)21(26)16-8-5-9-17(23)12-16/h2-13H,14H2,1H3. The SMILES string of the molecule is CS(=O)(=O)c1ccc2nc(N(Cc3ccccc3)C(=O)c3cccc(Cl)c3)sc2c1. The fourth-order valence-electron chi connectivity index (χ4n) is 3.01. The topological polar surface area (TPSA) is 67.3 Å². The summed E-state index contributed by atoms with van der Waals surface area (Å²) in [5, 5.41) is 0.965. The Bertz CT molecular complexity index is 1340. The summed E-state index contributed by atoms with van der Waals surface area (Å²) >= 11 is 7.36. The number of fused-ring (bicyclic) bond motifs is 1. The molecule has 0 N–H and O–H groups in total. The van der Waals surface area contributed by atoms with Gasteiger partial charge in [0.1, 0.15) is 0 Å². The first-order valence-electron chi connectivity index (χ1n) is 9.03. The van der Waals surface area contributed by atoms with E-state index in [0.29, 0.717) is 32.5 Å². The second kappa shape index (κ2) is 8.18. The molecule has 5 nitrogen and oxygen atoms in total. The lowest BCUT2D eigenvalue weighted by molar-refractivity contribution is 0.0985. The van der Waals surface area contributed by atoms with E-state index in [2.05, 4.69) is 4.98 Å². The molecule has 3 aromatic carbocycles. The van der Waals surface area contributed by atoms with Crippen LogP contribution >= 0.6 is 22.9 Å². The van der Waals surface area contributed by atoms with Crippen LogP contribution in [0, 0.1) is 0 Å². The molecule has 1 amide bonds. The molecule has 0 spiro atoms. The van der Waals surface area contributed by atoms with E-state index in [1.807, 2.05) is 30.3 Å². The Morgan fingerprint density at radius 3 is 2.50 bits per heavy atom.